The Balaban J connectivity index is 2.05. The Morgan fingerprint density at radius 3 is 2.25 bits per heavy atom. The van der Waals surface area contributed by atoms with Gasteiger partial charge in [-0.05, 0) is 0 Å². The van der Waals surface area contributed by atoms with Crippen LogP contribution in [0.2, 0.25) is 0 Å². The molecule has 10 heteroatoms. The first-order chi connectivity index (χ1) is 9.30. The molecule has 0 aromatic heterocycles. The quantitative estimate of drug-likeness (QED) is 0.251. The molecule has 0 spiro atoms. The number of rotatable bonds is 3. The lowest BCUT2D eigenvalue weighted by atomic mass is 10.1. The van der Waals surface area contributed by atoms with Gasteiger partial charge in [-0.15, -0.1) is 0 Å². The van der Waals surface area contributed by atoms with Crippen LogP contribution in [0.25, 0.3) is 0 Å². The molecule has 10 nitrogen and oxygen atoms in total. The molecule has 7 N–H and O–H groups in total. The maximum absolute atomic E-state index is 9.95. The van der Waals surface area contributed by atoms with Crippen molar-refractivity contribution in [2.75, 3.05) is 13.2 Å². The molecule has 0 radical (unpaired) electrons. The summed E-state index contributed by atoms with van der Waals surface area (Å²) in [4.78, 5) is 0. The molecular formula is C10H18O10. The highest BCUT2D eigenvalue weighted by atomic mass is 16.9. The molecule has 118 valence electrons. The van der Waals surface area contributed by atoms with E-state index in [0.717, 1.165) is 0 Å². The number of aliphatic hydroxyl groups is 7. The van der Waals surface area contributed by atoms with Crippen LogP contribution in [0.15, 0.2) is 0 Å². The summed E-state index contributed by atoms with van der Waals surface area (Å²) in [5.74, 6) is -2.72. The smallest absolute Gasteiger partial charge is 0.313 e. The fraction of sp³-hybridized carbons (Fsp3) is 1.00. The van der Waals surface area contributed by atoms with Crippen LogP contribution in [0.4, 0.5) is 0 Å². The molecule has 20 heavy (non-hydrogen) atoms. The molecule has 0 unspecified atom stereocenters. The molecule has 0 aromatic carbocycles. The zero-order valence-corrected chi connectivity index (χ0v) is 10.3. The third-order valence-corrected chi connectivity index (χ3v) is 3.32. The molecule has 2 saturated heterocycles. The molecule has 0 saturated carbocycles. The van der Waals surface area contributed by atoms with E-state index in [1.54, 1.807) is 0 Å². The van der Waals surface area contributed by atoms with Crippen molar-refractivity contribution >= 4 is 0 Å². The Labute approximate surface area is 113 Å². The van der Waals surface area contributed by atoms with Crippen molar-refractivity contribution in [3.8, 4) is 0 Å². The Morgan fingerprint density at radius 2 is 1.70 bits per heavy atom. The first-order valence-electron chi connectivity index (χ1n) is 6.01. The third kappa shape index (κ3) is 2.67. The van der Waals surface area contributed by atoms with E-state index in [-0.39, 0.29) is 6.61 Å². The van der Waals surface area contributed by atoms with E-state index >= 15 is 0 Å². The van der Waals surface area contributed by atoms with E-state index in [4.69, 9.17) is 19.3 Å². The van der Waals surface area contributed by atoms with E-state index in [2.05, 4.69) is 0 Å². The van der Waals surface area contributed by atoms with E-state index in [9.17, 15) is 30.6 Å². The summed E-state index contributed by atoms with van der Waals surface area (Å²) in [6.45, 7) is -1.06. The maximum atomic E-state index is 9.95. The van der Waals surface area contributed by atoms with Gasteiger partial charge in [0.15, 0.2) is 12.4 Å². The zero-order chi connectivity index (χ0) is 15.1. The number of hydrogen-bond donors (Lipinski definition) is 7. The highest BCUT2D eigenvalue weighted by molar-refractivity contribution is 4.92. The van der Waals surface area contributed by atoms with Crippen LogP contribution in [0, 0.1) is 0 Å². The number of hydrogen-bond acceptors (Lipinski definition) is 10. The van der Waals surface area contributed by atoms with Gasteiger partial charge in [-0.2, -0.15) is 0 Å². The second-order valence-electron chi connectivity index (χ2n) is 4.77. The Hall–Kier alpha value is -0.400. The molecule has 2 heterocycles. The van der Waals surface area contributed by atoms with Gasteiger partial charge < -0.3 is 45.2 Å². The molecule has 2 fully saturated rings. The van der Waals surface area contributed by atoms with Gasteiger partial charge in [0, 0.05) is 0 Å². The summed E-state index contributed by atoms with van der Waals surface area (Å²) in [6.07, 6.45) is -11.0. The zero-order valence-electron chi connectivity index (χ0n) is 10.3. The highest BCUT2D eigenvalue weighted by Gasteiger charge is 2.57. The Morgan fingerprint density at radius 1 is 1.05 bits per heavy atom. The van der Waals surface area contributed by atoms with Gasteiger partial charge in [-0.3, -0.25) is 4.74 Å². The summed E-state index contributed by atoms with van der Waals surface area (Å²) in [6, 6.07) is 0. The van der Waals surface area contributed by atoms with Crippen molar-refractivity contribution in [3.05, 3.63) is 0 Å². The fourth-order valence-corrected chi connectivity index (χ4v) is 2.07. The number of ether oxygens (including phenoxy) is 3. The van der Waals surface area contributed by atoms with Crippen LogP contribution in [-0.2, 0) is 14.2 Å². The van der Waals surface area contributed by atoms with Crippen LogP contribution >= 0.6 is 0 Å². The fourth-order valence-electron chi connectivity index (χ4n) is 2.07. The van der Waals surface area contributed by atoms with Crippen molar-refractivity contribution < 1.29 is 50.0 Å². The number of aliphatic hydroxyl groups excluding tert-OH is 6. The molecule has 0 aromatic rings. The average Bonchev–Trinajstić information content (AvgIpc) is 2.64. The van der Waals surface area contributed by atoms with Gasteiger partial charge in [0.05, 0.1) is 13.2 Å². The molecule has 0 aliphatic carbocycles. The van der Waals surface area contributed by atoms with Crippen molar-refractivity contribution in [1.82, 2.24) is 0 Å². The lowest BCUT2D eigenvalue weighted by Crippen LogP contribution is -2.58. The highest BCUT2D eigenvalue weighted by Crippen LogP contribution is 2.33. The van der Waals surface area contributed by atoms with Crippen LogP contribution in [0.3, 0.4) is 0 Å². The van der Waals surface area contributed by atoms with Gasteiger partial charge in [0.1, 0.15) is 30.5 Å². The second-order valence-corrected chi connectivity index (χ2v) is 4.77. The predicted molar refractivity (Wildman–Crippen MR) is 57.8 cm³/mol. The standard InChI is InChI=1S/C10H18O10/c11-1-4-6(14)8(16)10(17,19-4)20-9-7(15)5(13)3(12)2-18-9/h3-9,11-17H,1-2H2/t3-,4-,5-,6-,7+,8+,9-,10+/m1/s1. The minimum atomic E-state index is -2.72. The molecule has 2 aliphatic heterocycles. The van der Waals surface area contributed by atoms with E-state index in [0.29, 0.717) is 0 Å². The van der Waals surface area contributed by atoms with Gasteiger partial charge in [-0.1, -0.05) is 0 Å². The molecule has 8 atom stereocenters. The van der Waals surface area contributed by atoms with Crippen molar-refractivity contribution in [3.63, 3.8) is 0 Å². The van der Waals surface area contributed by atoms with E-state index in [1.807, 2.05) is 0 Å². The van der Waals surface area contributed by atoms with Crippen molar-refractivity contribution in [1.29, 1.82) is 0 Å². The topological polar surface area (TPSA) is 169 Å². The summed E-state index contributed by atoms with van der Waals surface area (Å²) >= 11 is 0. The van der Waals surface area contributed by atoms with E-state index < -0.39 is 55.5 Å². The average molecular weight is 298 g/mol. The minimum absolute atomic E-state index is 0.374. The summed E-state index contributed by atoms with van der Waals surface area (Å²) in [5.41, 5.74) is 0. The van der Waals surface area contributed by atoms with Gasteiger partial charge in [-0.25, -0.2) is 0 Å². The van der Waals surface area contributed by atoms with Crippen molar-refractivity contribution in [2.45, 2.75) is 48.9 Å². The molecule has 2 aliphatic rings. The van der Waals surface area contributed by atoms with Crippen LogP contribution in [-0.4, -0.2) is 97.8 Å². The monoisotopic (exact) mass is 298 g/mol. The van der Waals surface area contributed by atoms with E-state index in [1.165, 1.54) is 0 Å². The van der Waals surface area contributed by atoms with Gasteiger partial charge in [0.25, 0.3) is 0 Å². The SMILES string of the molecule is OC[C@H]1O[C@](O)(O[C@H]2OC[C@@H](O)[C@@H](O)[C@@H]2O)[C@@H](O)[C@@H]1O. The first-order valence-corrected chi connectivity index (χ1v) is 6.01. The first kappa shape index (κ1) is 16.0. The molecule has 0 bridgehead atoms. The summed E-state index contributed by atoms with van der Waals surface area (Å²) in [5, 5.41) is 66.4. The Kier molecular flexibility index (Phi) is 4.61. The van der Waals surface area contributed by atoms with Crippen LogP contribution in [0.5, 0.6) is 0 Å². The molecule has 0 amide bonds. The molecule has 2 rings (SSSR count). The lowest BCUT2D eigenvalue weighted by Gasteiger charge is -2.38. The predicted octanol–water partition coefficient (Wildman–Crippen LogP) is -4.80. The van der Waals surface area contributed by atoms with Gasteiger partial charge in [0.2, 0.25) is 0 Å². The summed E-state index contributed by atoms with van der Waals surface area (Å²) < 4.78 is 14.5. The minimum Gasteiger partial charge on any atom is -0.394 e. The largest absolute Gasteiger partial charge is 0.394 e. The second kappa shape index (κ2) is 5.77. The van der Waals surface area contributed by atoms with Crippen LogP contribution < -0.4 is 0 Å². The Bertz CT molecular complexity index is 340. The van der Waals surface area contributed by atoms with Gasteiger partial charge >= 0.3 is 5.97 Å². The van der Waals surface area contributed by atoms with Crippen LogP contribution in [0.1, 0.15) is 0 Å². The molecular weight excluding hydrogens is 280 g/mol. The van der Waals surface area contributed by atoms with Crippen molar-refractivity contribution in [2.24, 2.45) is 0 Å². The third-order valence-electron chi connectivity index (χ3n) is 3.32. The normalized spacial score (nSPS) is 53.2. The summed E-state index contributed by atoms with van der Waals surface area (Å²) in [7, 11) is 0. The maximum Gasteiger partial charge on any atom is 0.313 e. The lowest BCUT2D eigenvalue weighted by molar-refractivity contribution is -0.435.